The van der Waals surface area contributed by atoms with Crippen LogP contribution in [0.25, 0.3) is 11.3 Å². The highest BCUT2D eigenvalue weighted by Crippen LogP contribution is 2.28. The molecule has 1 unspecified atom stereocenters. The molecule has 1 fully saturated rings. The lowest BCUT2D eigenvalue weighted by molar-refractivity contribution is 0.0697. The van der Waals surface area contributed by atoms with Crippen molar-refractivity contribution < 1.29 is 14.3 Å². The van der Waals surface area contributed by atoms with E-state index in [1.807, 2.05) is 29.8 Å². The molecule has 4 rings (SSSR count). The summed E-state index contributed by atoms with van der Waals surface area (Å²) in [5.41, 5.74) is 0.886. The van der Waals surface area contributed by atoms with Gasteiger partial charge in [0, 0.05) is 30.1 Å². The molecule has 1 aliphatic rings. The van der Waals surface area contributed by atoms with E-state index in [4.69, 9.17) is 4.42 Å². The van der Waals surface area contributed by atoms with Gasteiger partial charge in [0.05, 0.1) is 17.1 Å². The number of carbonyl (C=O) groups is 1. The fourth-order valence-corrected chi connectivity index (χ4v) is 4.51. The van der Waals surface area contributed by atoms with E-state index in [0.717, 1.165) is 31.8 Å². The van der Waals surface area contributed by atoms with Gasteiger partial charge in [0.2, 0.25) is 0 Å². The van der Waals surface area contributed by atoms with Crippen molar-refractivity contribution in [1.29, 1.82) is 0 Å². The Hall–Kier alpha value is -2.44. The number of benzene rings is 1. The van der Waals surface area contributed by atoms with Crippen LogP contribution in [-0.2, 0) is 13.0 Å². The number of aromatic nitrogens is 1. The van der Waals surface area contributed by atoms with Crippen LogP contribution in [0.1, 0.15) is 34.0 Å². The highest BCUT2D eigenvalue weighted by Gasteiger charge is 2.22. The van der Waals surface area contributed by atoms with Crippen LogP contribution in [0.4, 0.5) is 0 Å². The number of nitrogens with zero attached hydrogens (tertiary/aromatic N) is 2. The zero-order chi connectivity index (χ0) is 18.6. The van der Waals surface area contributed by atoms with E-state index < -0.39 is 5.97 Å². The van der Waals surface area contributed by atoms with Gasteiger partial charge in [-0.3, -0.25) is 4.90 Å². The first-order chi connectivity index (χ1) is 13.2. The van der Waals surface area contributed by atoms with Crippen LogP contribution in [0, 0.1) is 5.92 Å². The molecule has 0 saturated carbocycles. The molecule has 1 saturated heterocycles. The highest BCUT2D eigenvalue weighted by atomic mass is 32.1. The van der Waals surface area contributed by atoms with Crippen molar-refractivity contribution in [3.63, 3.8) is 0 Å². The van der Waals surface area contributed by atoms with Crippen LogP contribution in [0.2, 0.25) is 0 Å². The smallest absolute Gasteiger partial charge is 0.336 e. The van der Waals surface area contributed by atoms with E-state index >= 15 is 0 Å². The van der Waals surface area contributed by atoms with Crippen LogP contribution in [0.5, 0.6) is 0 Å². The first-order valence-electron chi connectivity index (χ1n) is 9.21. The Balaban J connectivity index is 1.43. The van der Waals surface area contributed by atoms with Crippen LogP contribution >= 0.6 is 11.3 Å². The number of furan rings is 1. The lowest BCUT2D eigenvalue weighted by Gasteiger charge is -2.31. The number of likely N-dealkylation sites (tertiary alicyclic amines) is 1. The number of hydrogen-bond acceptors (Lipinski definition) is 5. The van der Waals surface area contributed by atoms with Gasteiger partial charge in [-0.1, -0.05) is 18.2 Å². The third-order valence-electron chi connectivity index (χ3n) is 5.01. The molecule has 3 aromatic rings. The molecule has 5 nitrogen and oxygen atoms in total. The minimum Gasteiger partial charge on any atom is -0.478 e. The molecule has 2 aromatic heterocycles. The Kier molecular flexibility index (Phi) is 5.36. The predicted octanol–water partition coefficient (Wildman–Crippen LogP) is 4.56. The normalized spacial score (nSPS) is 17.9. The zero-order valence-electron chi connectivity index (χ0n) is 15.0. The molecule has 1 N–H and O–H groups in total. The molecule has 0 amide bonds. The van der Waals surface area contributed by atoms with Gasteiger partial charge in [0.25, 0.3) is 0 Å². The van der Waals surface area contributed by atoms with Crippen LogP contribution < -0.4 is 0 Å². The molecule has 27 heavy (non-hydrogen) atoms. The molecule has 0 radical (unpaired) electrons. The number of carboxylic acids is 1. The van der Waals surface area contributed by atoms with E-state index in [2.05, 4.69) is 9.88 Å². The highest BCUT2D eigenvalue weighted by molar-refractivity contribution is 7.09. The molecule has 0 bridgehead atoms. The van der Waals surface area contributed by atoms with E-state index in [-0.39, 0.29) is 5.56 Å². The number of rotatable bonds is 6. The lowest BCUT2D eigenvalue weighted by atomic mass is 9.95. The van der Waals surface area contributed by atoms with Gasteiger partial charge in [-0.05, 0) is 43.5 Å². The second kappa shape index (κ2) is 8.06. The molecule has 3 heterocycles. The Morgan fingerprint density at radius 1 is 1.30 bits per heavy atom. The molecule has 1 aromatic carbocycles. The molecule has 140 valence electrons. The minimum atomic E-state index is -0.940. The maximum Gasteiger partial charge on any atom is 0.336 e. The van der Waals surface area contributed by atoms with Crippen molar-refractivity contribution in [3.05, 3.63) is 64.3 Å². The second-order valence-electron chi connectivity index (χ2n) is 6.99. The average Bonchev–Trinajstić information content (AvgIpc) is 3.34. The first-order valence-corrected chi connectivity index (χ1v) is 10.1. The van der Waals surface area contributed by atoms with Crippen molar-refractivity contribution in [3.8, 4) is 11.3 Å². The Morgan fingerprint density at radius 2 is 2.19 bits per heavy atom. The van der Waals surface area contributed by atoms with Crippen LogP contribution in [0.15, 0.2) is 52.4 Å². The van der Waals surface area contributed by atoms with Crippen molar-refractivity contribution in [2.45, 2.75) is 25.8 Å². The second-order valence-corrected chi connectivity index (χ2v) is 7.97. The minimum absolute atomic E-state index is 0.264. The maximum atomic E-state index is 11.4. The SMILES string of the molecule is O=C(O)c1ccccc1-c1ccc(CN2CCCC(Cc3nccs3)C2)o1. The summed E-state index contributed by atoms with van der Waals surface area (Å²) in [6.07, 6.45) is 5.35. The van der Waals surface area contributed by atoms with E-state index in [9.17, 15) is 9.90 Å². The third-order valence-corrected chi connectivity index (χ3v) is 5.82. The fraction of sp³-hybridized carbons (Fsp3) is 0.333. The monoisotopic (exact) mass is 382 g/mol. The zero-order valence-corrected chi connectivity index (χ0v) is 15.8. The van der Waals surface area contributed by atoms with E-state index in [0.29, 0.717) is 17.2 Å². The topological polar surface area (TPSA) is 66.6 Å². The summed E-state index contributed by atoms with van der Waals surface area (Å²) >= 11 is 1.73. The Bertz CT molecular complexity index is 904. The molecule has 0 aliphatic carbocycles. The molecule has 0 spiro atoms. The summed E-state index contributed by atoms with van der Waals surface area (Å²) in [5.74, 6) is 1.18. The summed E-state index contributed by atoms with van der Waals surface area (Å²) in [5, 5.41) is 12.6. The Morgan fingerprint density at radius 3 is 3.00 bits per heavy atom. The number of hydrogen-bond donors (Lipinski definition) is 1. The largest absolute Gasteiger partial charge is 0.478 e. The van der Waals surface area contributed by atoms with Crippen LogP contribution in [-0.4, -0.2) is 34.0 Å². The molecule has 1 aliphatic heterocycles. The fourth-order valence-electron chi connectivity index (χ4n) is 3.77. The summed E-state index contributed by atoms with van der Waals surface area (Å²) in [7, 11) is 0. The average molecular weight is 382 g/mol. The summed E-state index contributed by atoms with van der Waals surface area (Å²) < 4.78 is 5.99. The van der Waals surface area contributed by atoms with E-state index in [1.165, 1.54) is 17.8 Å². The van der Waals surface area contributed by atoms with E-state index in [1.54, 1.807) is 29.5 Å². The van der Waals surface area contributed by atoms with Gasteiger partial charge >= 0.3 is 5.97 Å². The predicted molar refractivity (Wildman–Crippen MR) is 105 cm³/mol. The number of piperidine rings is 1. The first kappa shape index (κ1) is 17.9. The van der Waals surface area contributed by atoms with Crippen LogP contribution in [0.3, 0.4) is 0 Å². The van der Waals surface area contributed by atoms with Crippen molar-refractivity contribution in [2.24, 2.45) is 5.92 Å². The standard InChI is InChI=1S/C21H22N2O3S/c24-21(25)18-6-2-1-5-17(18)19-8-7-16(26-19)14-23-10-3-4-15(13-23)12-20-22-9-11-27-20/h1-2,5-9,11,15H,3-4,10,12-14H2,(H,24,25). The molecule has 6 heteroatoms. The summed E-state index contributed by atoms with van der Waals surface area (Å²) in [6.45, 7) is 2.86. The Labute approximate surface area is 162 Å². The summed E-state index contributed by atoms with van der Waals surface area (Å²) in [6, 6.07) is 10.8. The lowest BCUT2D eigenvalue weighted by Crippen LogP contribution is -2.35. The van der Waals surface area contributed by atoms with Gasteiger partial charge in [0.15, 0.2) is 0 Å². The van der Waals surface area contributed by atoms with Gasteiger partial charge in [-0.2, -0.15) is 0 Å². The number of carboxylic acid groups (broad SMARTS) is 1. The van der Waals surface area contributed by atoms with Crippen molar-refractivity contribution in [1.82, 2.24) is 9.88 Å². The number of thiazole rings is 1. The van der Waals surface area contributed by atoms with Gasteiger partial charge in [-0.15, -0.1) is 11.3 Å². The van der Waals surface area contributed by atoms with Gasteiger partial charge in [-0.25, -0.2) is 9.78 Å². The van der Waals surface area contributed by atoms with Gasteiger partial charge in [0.1, 0.15) is 11.5 Å². The van der Waals surface area contributed by atoms with Crippen molar-refractivity contribution >= 4 is 17.3 Å². The summed E-state index contributed by atoms with van der Waals surface area (Å²) in [4.78, 5) is 18.3. The van der Waals surface area contributed by atoms with Gasteiger partial charge < -0.3 is 9.52 Å². The molecular weight excluding hydrogens is 360 g/mol. The molecule has 1 atom stereocenters. The molecular formula is C21H22N2O3S. The quantitative estimate of drug-likeness (QED) is 0.677. The maximum absolute atomic E-state index is 11.4. The third kappa shape index (κ3) is 4.28. The number of aromatic carboxylic acids is 1. The van der Waals surface area contributed by atoms with Crippen molar-refractivity contribution in [2.75, 3.05) is 13.1 Å².